The van der Waals surface area contributed by atoms with Crippen molar-refractivity contribution in [3.63, 3.8) is 0 Å². The van der Waals surface area contributed by atoms with Gasteiger partial charge in [0.05, 0.1) is 19.8 Å². The van der Waals surface area contributed by atoms with Crippen LogP contribution in [0.2, 0.25) is 0 Å². The molecule has 3 aliphatic rings. The molecule has 3 rings (SSSR count). The van der Waals surface area contributed by atoms with E-state index in [1.54, 1.807) is 20.8 Å². The van der Waals surface area contributed by atoms with E-state index >= 15 is 0 Å². The molecule has 53 heavy (non-hydrogen) atoms. The third kappa shape index (κ3) is 12.2. The lowest BCUT2D eigenvalue weighted by Gasteiger charge is -2.49. The second-order valence-electron chi connectivity index (χ2n) is 13.7. The van der Waals surface area contributed by atoms with Crippen molar-refractivity contribution in [2.24, 2.45) is 0 Å². The van der Waals surface area contributed by atoms with Gasteiger partial charge in [-0.05, 0) is 33.0 Å². The number of carbonyl (C=O) groups is 3. The highest BCUT2D eigenvalue weighted by atomic mass is 32.1. The van der Waals surface area contributed by atoms with Crippen LogP contribution >= 0.6 is 12.2 Å². The number of thiocarbonyl (C=S) groups is 1. The van der Waals surface area contributed by atoms with Crippen LogP contribution in [0.25, 0.3) is 0 Å². The van der Waals surface area contributed by atoms with E-state index in [4.69, 9.17) is 40.6 Å². The Kier molecular flexibility index (Phi) is 16.7. The molecule has 0 saturated carbocycles. The fraction of sp³-hybridized carbons (Fsp3) is 0.867. The Labute approximate surface area is 310 Å². The van der Waals surface area contributed by atoms with Gasteiger partial charge in [0, 0.05) is 26.9 Å². The van der Waals surface area contributed by atoms with Crippen LogP contribution in [0, 0.1) is 0 Å². The van der Waals surface area contributed by atoms with Crippen molar-refractivity contribution in [1.82, 2.24) is 26.6 Å². The number of hydrogen-bond acceptors (Lipinski definition) is 18. The second kappa shape index (κ2) is 19.8. The average molecular weight is 788 g/mol. The van der Waals surface area contributed by atoms with Crippen LogP contribution in [0.5, 0.6) is 0 Å². The molecule has 3 heterocycles. The number of aliphatic hydroxyl groups is 8. The van der Waals surface area contributed by atoms with Gasteiger partial charge in [-0.25, -0.2) is 4.79 Å². The van der Waals surface area contributed by atoms with E-state index in [1.165, 1.54) is 6.92 Å². The number of rotatable bonds is 13. The van der Waals surface area contributed by atoms with Crippen LogP contribution in [0.3, 0.4) is 0 Å². The van der Waals surface area contributed by atoms with Gasteiger partial charge < -0.3 is 95.9 Å². The summed E-state index contributed by atoms with van der Waals surface area (Å²) < 4.78 is 33.9. The summed E-state index contributed by atoms with van der Waals surface area (Å²) >= 11 is 5.30. The minimum absolute atomic E-state index is 0.0133. The average Bonchev–Trinajstić information content (AvgIpc) is 3.07. The van der Waals surface area contributed by atoms with E-state index in [-0.39, 0.29) is 18.2 Å². The van der Waals surface area contributed by atoms with Crippen molar-refractivity contribution < 1.29 is 83.7 Å². The topological polar surface area (TPSA) is 329 Å². The lowest BCUT2D eigenvalue weighted by molar-refractivity contribution is -0.362. The van der Waals surface area contributed by atoms with E-state index in [0.29, 0.717) is 0 Å². The van der Waals surface area contributed by atoms with E-state index in [0.717, 1.165) is 6.92 Å². The van der Waals surface area contributed by atoms with Gasteiger partial charge in [-0.3, -0.25) is 9.59 Å². The van der Waals surface area contributed by atoms with Crippen molar-refractivity contribution in [2.45, 2.75) is 132 Å². The molecule has 0 bridgehead atoms. The highest BCUT2D eigenvalue weighted by molar-refractivity contribution is 7.80. The quantitative estimate of drug-likeness (QED) is 0.0610. The van der Waals surface area contributed by atoms with Gasteiger partial charge in [0.15, 0.2) is 23.9 Å². The van der Waals surface area contributed by atoms with E-state index in [9.17, 15) is 55.2 Å². The van der Waals surface area contributed by atoms with Gasteiger partial charge in [-0.15, -0.1) is 0 Å². The predicted molar refractivity (Wildman–Crippen MR) is 180 cm³/mol. The normalized spacial score (nSPS) is 37.6. The highest BCUT2D eigenvalue weighted by Crippen LogP contribution is 2.32. The Morgan fingerprint density at radius 1 is 0.642 bits per heavy atom. The number of aliphatic hydroxyl groups excluding tert-OH is 8. The Morgan fingerprint density at radius 2 is 1.15 bits per heavy atom. The molecule has 22 nitrogen and oxygen atoms in total. The van der Waals surface area contributed by atoms with E-state index < -0.39 is 135 Å². The van der Waals surface area contributed by atoms with Crippen molar-refractivity contribution in [3.8, 4) is 0 Å². The minimum Gasteiger partial charge on any atom is -0.444 e. The minimum atomic E-state index is -1.97. The standard InChI is InChI=1S/C30H53N5O17S/c1-11(39)33-16-20(43)23(14(9-37)47-25(16)35-28(53)31-6-7-32-29(46)52-30(3,4)5)51-27-22(45)21(44)24(15(10-38)49-27)50-26-17(34-12(2)40)19(42)18(41)13(8-36)48-26/h13-27,36-38,41-45H,6-10H2,1-5H3,(H,32,46)(H,33,39)(H,34,40)(H2,31,35,53)/t13-,14-,15-,16-,17-,18-,19-,20-,21-,22-,23-,24+,25-,26+,27+/m1/s1. The summed E-state index contributed by atoms with van der Waals surface area (Å²) in [6.45, 7) is 5.29. The fourth-order valence-electron chi connectivity index (χ4n) is 5.85. The Hall–Kier alpha value is -2.62. The third-order valence-electron chi connectivity index (χ3n) is 8.27. The van der Waals surface area contributed by atoms with Crippen molar-refractivity contribution >= 4 is 35.2 Å². The summed E-state index contributed by atoms with van der Waals surface area (Å²) in [5.41, 5.74) is -0.693. The van der Waals surface area contributed by atoms with Gasteiger partial charge in [0.25, 0.3) is 0 Å². The highest BCUT2D eigenvalue weighted by Gasteiger charge is 2.54. The summed E-state index contributed by atoms with van der Waals surface area (Å²) in [6.07, 6.45) is -21.6. The first-order valence-corrected chi connectivity index (χ1v) is 17.3. The summed E-state index contributed by atoms with van der Waals surface area (Å²) in [5.74, 6) is -1.25. The van der Waals surface area contributed by atoms with Gasteiger partial charge in [0.2, 0.25) is 11.8 Å². The third-order valence-corrected chi connectivity index (χ3v) is 8.54. The van der Waals surface area contributed by atoms with E-state index in [1.807, 2.05) is 0 Å². The van der Waals surface area contributed by atoms with Gasteiger partial charge in [-0.2, -0.15) is 0 Å². The number of carbonyl (C=O) groups excluding carboxylic acids is 3. The Balaban J connectivity index is 1.70. The molecule has 3 fully saturated rings. The summed E-state index contributed by atoms with van der Waals surface area (Å²) in [7, 11) is 0. The molecule has 0 unspecified atom stereocenters. The molecule has 3 amide bonds. The second-order valence-corrected chi connectivity index (χ2v) is 14.1. The molecule has 23 heteroatoms. The molecule has 0 aliphatic carbocycles. The Bertz CT molecular complexity index is 1230. The molecule has 0 aromatic carbocycles. The maximum Gasteiger partial charge on any atom is 0.407 e. The number of nitrogens with one attached hydrogen (secondary N) is 5. The maximum absolute atomic E-state index is 12.1. The monoisotopic (exact) mass is 787 g/mol. The largest absolute Gasteiger partial charge is 0.444 e. The molecule has 0 aromatic rings. The smallest absolute Gasteiger partial charge is 0.407 e. The fourth-order valence-corrected chi connectivity index (χ4v) is 6.07. The molecule has 0 radical (unpaired) electrons. The van der Waals surface area contributed by atoms with Crippen LogP contribution in [-0.2, 0) is 38.0 Å². The molecule has 13 N–H and O–H groups in total. The van der Waals surface area contributed by atoms with Gasteiger partial charge >= 0.3 is 6.09 Å². The van der Waals surface area contributed by atoms with Crippen LogP contribution in [0.15, 0.2) is 0 Å². The molecule has 3 saturated heterocycles. The number of alkyl carbamates (subject to hydrolysis) is 1. The lowest BCUT2D eigenvalue weighted by atomic mass is 9.94. The number of amides is 3. The molecule has 15 atom stereocenters. The SMILES string of the molecule is CC(=O)N[C@@H]1[C@@H](O)[C@H](O[C@@H]2O[C@H](CO)[C@H](O[C@@H]3O[C@H](CO)[C@@H](O)[C@H](O)[C@H]3NC(C)=O)[C@H](O)[C@H]2O)[C@@H](CO)O[C@H]1NC(=S)NCCNC(=O)OC(C)(C)C. The molecule has 0 spiro atoms. The van der Waals surface area contributed by atoms with Crippen molar-refractivity contribution in [2.75, 3.05) is 32.9 Å². The van der Waals surface area contributed by atoms with Crippen molar-refractivity contribution in [3.05, 3.63) is 0 Å². The number of hydrogen-bond donors (Lipinski definition) is 13. The molecular formula is C30H53N5O17S. The molecule has 3 aliphatic heterocycles. The molecule has 306 valence electrons. The summed E-state index contributed by atoms with van der Waals surface area (Å²) in [4.78, 5) is 35.8. The first-order valence-electron chi connectivity index (χ1n) is 16.9. The predicted octanol–water partition coefficient (Wildman–Crippen LogP) is -6.29. The zero-order valence-corrected chi connectivity index (χ0v) is 30.7. The first kappa shape index (κ1) is 44.8. The van der Waals surface area contributed by atoms with Crippen LogP contribution in [-0.4, -0.2) is 194 Å². The molecular weight excluding hydrogens is 734 g/mol. The number of ether oxygens (including phenoxy) is 6. The van der Waals surface area contributed by atoms with E-state index in [2.05, 4.69) is 26.6 Å². The van der Waals surface area contributed by atoms with Crippen LogP contribution < -0.4 is 26.6 Å². The summed E-state index contributed by atoms with van der Waals surface area (Å²) in [6, 6.07) is -2.71. The van der Waals surface area contributed by atoms with Crippen LogP contribution in [0.4, 0.5) is 4.79 Å². The van der Waals surface area contributed by atoms with Gasteiger partial charge in [-0.1, -0.05) is 0 Å². The summed E-state index contributed by atoms with van der Waals surface area (Å²) in [5, 5.41) is 97.5. The maximum atomic E-state index is 12.1. The van der Waals surface area contributed by atoms with Gasteiger partial charge in [0.1, 0.15) is 78.7 Å². The zero-order chi connectivity index (χ0) is 39.8. The lowest BCUT2D eigenvalue weighted by Crippen LogP contribution is -2.71. The first-order chi connectivity index (χ1) is 24.8. The molecule has 0 aromatic heterocycles. The zero-order valence-electron chi connectivity index (χ0n) is 29.9. The van der Waals surface area contributed by atoms with Crippen molar-refractivity contribution in [1.29, 1.82) is 0 Å². The Morgan fingerprint density at radius 3 is 1.72 bits per heavy atom. The van der Waals surface area contributed by atoms with Crippen LogP contribution in [0.1, 0.15) is 34.6 Å².